The minimum atomic E-state index is 0. The van der Waals surface area contributed by atoms with E-state index in [4.69, 9.17) is 0 Å². The maximum absolute atomic E-state index is 2.12. The van der Waals surface area contributed by atoms with Crippen LogP contribution in [0.25, 0.3) is 0 Å². The largest absolute Gasteiger partial charge is 0.0776 e. The van der Waals surface area contributed by atoms with Gasteiger partial charge in [0, 0.05) is 0 Å². The summed E-state index contributed by atoms with van der Waals surface area (Å²) in [6, 6.07) is 0. The zero-order valence-corrected chi connectivity index (χ0v) is 4.83. The van der Waals surface area contributed by atoms with Crippen LogP contribution >= 0.6 is 0 Å². The second kappa shape index (κ2) is 15.8. The minimum Gasteiger partial charge on any atom is -0.0776 e. The Bertz CT molecular complexity index is 11.2. The summed E-state index contributed by atoms with van der Waals surface area (Å²) in [5.41, 5.74) is 0. The van der Waals surface area contributed by atoms with Crippen LogP contribution in [-0.2, 0) is 0 Å². The van der Waals surface area contributed by atoms with Gasteiger partial charge in [-0.2, -0.15) is 0 Å². The van der Waals surface area contributed by atoms with Gasteiger partial charge < -0.3 is 0 Å². The van der Waals surface area contributed by atoms with Crippen LogP contribution in [0.1, 0.15) is 54.4 Å². The summed E-state index contributed by atoms with van der Waals surface area (Å²) in [4.78, 5) is 0. The van der Waals surface area contributed by atoms with Gasteiger partial charge in [-0.15, -0.1) is 0 Å². The molecule has 1 saturated carbocycles. The molecule has 54 valence electrons. The van der Waals surface area contributed by atoms with Gasteiger partial charge in [0.15, 0.2) is 0 Å². The van der Waals surface area contributed by atoms with Gasteiger partial charge in [0.2, 0.25) is 0 Å². The van der Waals surface area contributed by atoms with Crippen molar-refractivity contribution in [2.45, 2.75) is 54.4 Å². The molecule has 0 aromatic heterocycles. The second-order valence-corrected chi connectivity index (χ2v) is 1.77. The first-order chi connectivity index (χ1) is 2.91. The van der Waals surface area contributed by atoms with Crippen molar-refractivity contribution >= 4 is 0 Å². The Balaban J connectivity index is -0.0000000500. The molecule has 0 amide bonds. The van der Waals surface area contributed by atoms with E-state index in [-0.39, 0.29) is 14.9 Å². The molecule has 1 aliphatic carbocycles. The van der Waals surface area contributed by atoms with Crippen LogP contribution in [0, 0.1) is 0 Å². The Kier molecular flexibility index (Phi) is 30.9. The summed E-state index contributed by atoms with van der Waals surface area (Å²) in [6.45, 7) is 4.25. The van der Waals surface area contributed by atoms with Crippen LogP contribution in [0.3, 0.4) is 0 Å². The Morgan fingerprint density at radius 3 is 1.00 bits per heavy atom. The summed E-state index contributed by atoms with van der Waals surface area (Å²) in [7, 11) is 0. The average molecular weight is 118 g/mol. The second-order valence-electron chi connectivity index (χ2n) is 1.77. The van der Waals surface area contributed by atoms with Gasteiger partial charge in [-0.1, -0.05) is 54.4 Å². The highest BCUT2D eigenvalue weighted by atomic mass is 14.0. The predicted octanol–water partition coefficient (Wildman–Crippen LogP) is 3.86. The highest BCUT2D eigenvalue weighted by molar-refractivity contribution is 4.50. The van der Waals surface area contributed by atoms with Crippen molar-refractivity contribution in [2.75, 3.05) is 0 Å². The smallest absolute Gasteiger partial charge is 0.0533 e. The predicted molar refractivity (Wildman–Crippen MR) is 43.3 cm³/mol. The van der Waals surface area contributed by atoms with Gasteiger partial charge in [0.1, 0.15) is 0 Å². The van der Waals surface area contributed by atoms with Crippen LogP contribution in [0.4, 0.5) is 0 Å². The highest BCUT2D eigenvalue weighted by Gasteiger charge is 1.95. The zero-order chi connectivity index (χ0) is 4.83. The maximum atomic E-state index is 2.12. The first kappa shape index (κ1) is 15.7. The molecule has 0 spiro atoms. The fraction of sp³-hybridized carbons (Fsp3) is 1.00. The third-order valence-electron chi connectivity index (χ3n) is 0.354. The number of rotatable bonds is 0. The van der Waals surface area contributed by atoms with Gasteiger partial charge >= 0.3 is 0 Å². The lowest BCUT2D eigenvalue weighted by molar-refractivity contribution is 1.09. The molecule has 0 radical (unpaired) electrons. The molecule has 0 N–H and O–H groups in total. The van der Waals surface area contributed by atoms with Crippen LogP contribution < -0.4 is 0 Å². The van der Waals surface area contributed by atoms with E-state index in [2.05, 4.69) is 13.8 Å². The van der Waals surface area contributed by atoms with E-state index in [0.717, 1.165) is 0 Å². The molecular weight excluding hydrogens is 96.1 g/mol. The van der Waals surface area contributed by atoms with Crippen molar-refractivity contribution in [2.24, 2.45) is 0 Å². The zero-order valence-electron chi connectivity index (χ0n) is 4.83. The lowest BCUT2D eigenvalue weighted by Crippen LogP contribution is -1.27. The normalized spacial score (nSPS) is 11.2. The maximum Gasteiger partial charge on any atom is -0.0533 e. The molecule has 0 aliphatic heterocycles. The Hall–Kier alpha value is 0. The summed E-state index contributed by atoms with van der Waals surface area (Å²) in [6.07, 6.45) is 5.75. The molecule has 0 bridgehead atoms. The fourth-order valence-electron chi connectivity index (χ4n) is 0. The van der Waals surface area contributed by atoms with Crippen molar-refractivity contribution in [3.63, 3.8) is 0 Å². The quantitative estimate of drug-likeness (QED) is 0.453. The topological polar surface area (TPSA) is 0 Å². The molecule has 0 aromatic rings. The van der Waals surface area contributed by atoms with Gasteiger partial charge in [0.05, 0.1) is 0 Å². The molecular formula is C8H22. The van der Waals surface area contributed by atoms with Gasteiger partial charge in [-0.05, 0) is 0 Å². The number of hydrogen-bond donors (Lipinski definition) is 0. The standard InChI is InChI=1S/C3H6.C3H8.2CH4/c1-2-3-1;1-3-2;;/h1-3H2;3H2,1-2H3;2*1H4. The molecule has 1 aliphatic rings. The van der Waals surface area contributed by atoms with Gasteiger partial charge in [-0.3, -0.25) is 0 Å². The van der Waals surface area contributed by atoms with Gasteiger partial charge in [0.25, 0.3) is 0 Å². The third-order valence-corrected chi connectivity index (χ3v) is 0.354. The van der Waals surface area contributed by atoms with Crippen molar-refractivity contribution in [1.29, 1.82) is 0 Å². The van der Waals surface area contributed by atoms with E-state index in [9.17, 15) is 0 Å². The van der Waals surface area contributed by atoms with Crippen LogP contribution in [0.15, 0.2) is 0 Å². The summed E-state index contributed by atoms with van der Waals surface area (Å²) in [5.74, 6) is 0. The van der Waals surface area contributed by atoms with Crippen LogP contribution in [0.2, 0.25) is 0 Å². The first-order valence-electron chi connectivity index (χ1n) is 2.91. The molecule has 0 aromatic carbocycles. The first-order valence-corrected chi connectivity index (χ1v) is 2.91. The van der Waals surface area contributed by atoms with Crippen LogP contribution in [-0.4, -0.2) is 0 Å². The monoisotopic (exact) mass is 118 g/mol. The van der Waals surface area contributed by atoms with E-state index in [1.807, 2.05) is 0 Å². The van der Waals surface area contributed by atoms with Crippen molar-refractivity contribution in [3.8, 4) is 0 Å². The Labute approximate surface area is 55.3 Å². The van der Waals surface area contributed by atoms with E-state index in [1.165, 1.54) is 25.7 Å². The van der Waals surface area contributed by atoms with Gasteiger partial charge in [-0.25, -0.2) is 0 Å². The minimum absolute atomic E-state index is 0. The molecule has 0 heterocycles. The summed E-state index contributed by atoms with van der Waals surface area (Å²) < 4.78 is 0. The van der Waals surface area contributed by atoms with Crippen molar-refractivity contribution in [1.82, 2.24) is 0 Å². The van der Waals surface area contributed by atoms with E-state index in [0.29, 0.717) is 0 Å². The molecule has 0 heteroatoms. The van der Waals surface area contributed by atoms with Crippen molar-refractivity contribution in [3.05, 3.63) is 0 Å². The Morgan fingerprint density at radius 2 is 1.00 bits per heavy atom. The van der Waals surface area contributed by atoms with E-state index >= 15 is 0 Å². The number of hydrogen-bond acceptors (Lipinski definition) is 0. The molecule has 1 fully saturated rings. The van der Waals surface area contributed by atoms with Crippen molar-refractivity contribution < 1.29 is 0 Å². The molecule has 1 rings (SSSR count). The van der Waals surface area contributed by atoms with E-state index < -0.39 is 0 Å². The lowest BCUT2D eigenvalue weighted by Gasteiger charge is -1.48. The molecule has 0 atom stereocenters. The summed E-state index contributed by atoms with van der Waals surface area (Å²) >= 11 is 0. The molecule has 8 heavy (non-hydrogen) atoms. The van der Waals surface area contributed by atoms with E-state index in [1.54, 1.807) is 0 Å². The molecule has 0 nitrogen and oxygen atoms in total. The highest BCUT2D eigenvalue weighted by Crippen LogP contribution is 2.14. The Morgan fingerprint density at radius 1 is 0.875 bits per heavy atom. The SMILES string of the molecule is C.C.C1CC1.CCC. The fourth-order valence-corrected chi connectivity index (χ4v) is 0. The summed E-state index contributed by atoms with van der Waals surface area (Å²) in [5, 5.41) is 0. The molecule has 0 saturated heterocycles. The molecule has 0 unspecified atom stereocenters. The average Bonchev–Trinajstić information content (AvgIpc) is 2.11. The lowest BCUT2D eigenvalue weighted by atomic mass is 10.6. The van der Waals surface area contributed by atoms with Crippen LogP contribution in [0.5, 0.6) is 0 Å². The third kappa shape index (κ3) is 150.